The van der Waals surface area contributed by atoms with Crippen molar-refractivity contribution in [2.24, 2.45) is 5.92 Å². The highest BCUT2D eigenvalue weighted by molar-refractivity contribution is 5.73. The van der Waals surface area contributed by atoms with E-state index in [9.17, 15) is 4.39 Å². The van der Waals surface area contributed by atoms with Crippen molar-refractivity contribution in [2.45, 2.75) is 51.2 Å². The van der Waals surface area contributed by atoms with Crippen LogP contribution in [0.1, 0.15) is 51.1 Å². The summed E-state index contributed by atoms with van der Waals surface area (Å²) in [6, 6.07) is 4.52. The number of hydrogen-bond donors (Lipinski definition) is 0. The quantitative estimate of drug-likeness (QED) is 0.403. The molecule has 3 fully saturated rings. The minimum atomic E-state index is -0.349. The van der Waals surface area contributed by atoms with E-state index in [2.05, 4.69) is 43.6 Å². The first kappa shape index (κ1) is 27.0. The van der Waals surface area contributed by atoms with Gasteiger partial charge in [0.25, 0.3) is 0 Å². The van der Waals surface area contributed by atoms with Crippen molar-refractivity contribution in [3.63, 3.8) is 0 Å². The molecule has 2 aromatic heterocycles. The molecule has 0 bridgehead atoms. The molecule has 3 aliphatic rings. The van der Waals surface area contributed by atoms with E-state index in [1.54, 1.807) is 24.8 Å². The lowest BCUT2D eigenvalue weighted by Gasteiger charge is -2.40. The SMILES string of the molecule is CC(C)c1ncncc1-c1cc(F)ccc1Oc1cncnc1N1CCN(CC2CCC3(CC2)OCCO3)CC1. The fraction of sp³-hybridized carbons (Fsp3) is 0.533. The molecular formula is C30H37FN6O3. The Balaban J connectivity index is 1.13. The number of piperazine rings is 1. The van der Waals surface area contributed by atoms with Gasteiger partial charge in [0.2, 0.25) is 0 Å². The third-order valence-corrected chi connectivity index (χ3v) is 8.27. The fourth-order valence-corrected chi connectivity index (χ4v) is 6.14. The maximum Gasteiger partial charge on any atom is 0.188 e. The maximum atomic E-state index is 14.4. The Hall–Kier alpha value is -3.21. The highest BCUT2D eigenvalue weighted by Crippen LogP contribution is 2.40. The second kappa shape index (κ2) is 11.7. The average molecular weight is 549 g/mol. The molecule has 0 amide bonds. The summed E-state index contributed by atoms with van der Waals surface area (Å²) in [5.41, 5.74) is 2.19. The molecule has 3 aromatic rings. The summed E-state index contributed by atoms with van der Waals surface area (Å²) in [4.78, 5) is 22.3. The second-order valence-corrected chi connectivity index (χ2v) is 11.3. The van der Waals surface area contributed by atoms with Gasteiger partial charge in [-0.05, 0) is 42.9 Å². The van der Waals surface area contributed by atoms with Crippen LogP contribution in [0.5, 0.6) is 11.5 Å². The summed E-state index contributed by atoms with van der Waals surface area (Å²) in [5, 5.41) is 0. The van der Waals surface area contributed by atoms with Gasteiger partial charge in [0.05, 0.1) is 25.1 Å². The average Bonchev–Trinajstić information content (AvgIpc) is 3.44. The Morgan fingerprint density at radius 3 is 2.42 bits per heavy atom. The molecule has 2 saturated heterocycles. The van der Waals surface area contributed by atoms with Gasteiger partial charge in [-0.2, -0.15) is 0 Å². The molecule has 4 heterocycles. The van der Waals surface area contributed by atoms with Gasteiger partial charge in [-0.3, -0.25) is 4.90 Å². The van der Waals surface area contributed by atoms with Crippen LogP contribution in [-0.4, -0.2) is 76.6 Å². The number of halogens is 1. The van der Waals surface area contributed by atoms with E-state index in [1.165, 1.54) is 18.5 Å². The fourth-order valence-electron chi connectivity index (χ4n) is 6.14. The normalized spacial score (nSPS) is 19.9. The first-order chi connectivity index (χ1) is 19.5. The second-order valence-electron chi connectivity index (χ2n) is 11.3. The van der Waals surface area contributed by atoms with E-state index in [4.69, 9.17) is 14.2 Å². The van der Waals surface area contributed by atoms with Crippen molar-refractivity contribution >= 4 is 5.82 Å². The van der Waals surface area contributed by atoms with Gasteiger partial charge in [-0.1, -0.05) is 13.8 Å². The molecule has 40 heavy (non-hydrogen) atoms. The van der Waals surface area contributed by atoms with Crippen LogP contribution < -0.4 is 9.64 Å². The van der Waals surface area contributed by atoms with Crippen molar-refractivity contribution in [1.29, 1.82) is 0 Å². The molecule has 0 atom stereocenters. The van der Waals surface area contributed by atoms with Crippen molar-refractivity contribution in [3.05, 3.63) is 54.8 Å². The predicted molar refractivity (Wildman–Crippen MR) is 149 cm³/mol. The summed E-state index contributed by atoms with van der Waals surface area (Å²) in [5.74, 6) is 1.97. The zero-order valence-electron chi connectivity index (χ0n) is 23.3. The molecule has 9 nitrogen and oxygen atoms in total. The van der Waals surface area contributed by atoms with E-state index in [1.807, 2.05) is 0 Å². The molecule has 2 aliphatic heterocycles. The van der Waals surface area contributed by atoms with Crippen LogP contribution in [-0.2, 0) is 9.47 Å². The predicted octanol–water partition coefficient (Wildman–Crippen LogP) is 5.04. The smallest absolute Gasteiger partial charge is 0.188 e. The lowest BCUT2D eigenvalue weighted by atomic mass is 9.84. The van der Waals surface area contributed by atoms with Gasteiger partial charge in [0, 0.05) is 62.9 Å². The minimum absolute atomic E-state index is 0.139. The minimum Gasteiger partial charge on any atom is -0.451 e. The summed E-state index contributed by atoms with van der Waals surface area (Å²) in [7, 11) is 0. The molecule has 6 rings (SSSR count). The van der Waals surface area contributed by atoms with Gasteiger partial charge in [-0.25, -0.2) is 24.3 Å². The van der Waals surface area contributed by atoms with Crippen LogP contribution in [0.3, 0.4) is 0 Å². The zero-order chi connectivity index (χ0) is 27.5. The topological polar surface area (TPSA) is 85.7 Å². The van der Waals surface area contributed by atoms with Crippen molar-refractivity contribution in [3.8, 4) is 22.6 Å². The Morgan fingerprint density at radius 2 is 1.68 bits per heavy atom. The number of rotatable bonds is 7. The van der Waals surface area contributed by atoms with Crippen molar-refractivity contribution < 1.29 is 18.6 Å². The van der Waals surface area contributed by atoms with Crippen LogP contribution >= 0.6 is 0 Å². The van der Waals surface area contributed by atoms with Crippen LogP contribution in [0.2, 0.25) is 0 Å². The van der Waals surface area contributed by atoms with Gasteiger partial charge in [-0.15, -0.1) is 0 Å². The monoisotopic (exact) mass is 548 g/mol. The summed E-state index contributed by atoms with van der Waals surface area (Å²) >= 11 is 0. The lowest BCUT2D eigenvalue weighted by molar-refractivity contribution is -0.183. The number of ether oxygens (including phenoxy) is 3. The van der Waals surface area contributed by atoms with Crippen LogP contribution in [0.15, 0.2) is 43.2 Å². The van der Waals surface area contributed by atoms with Gasteiger partial charge in [0.1, 0.15) is 24.2 Å². The first-order valence-electron chi connectivity index (χ1n) is 14.3. The summed E-state index contributed by atoms with van der Waals surface area (Å²) in [6.45, 7) is 10.3. The molecule has 10 heteroatoms. The van der Waals surface area contributed by atoms with E-state index in [-0.39, 0.29) is 17.5 Å². The van der Waals surface area contributed by atoms with Crippen LogP contribution in [0, 0.1) is 11.7 Å². The highest BCUT2D eigenvalue weighted by atomic mass is 19.1. The van der Waals surface area contributed by atoms with Crippen LogP contribution in [0.4, 0.5) is 10.2 Å². The summed E-state index contributed by atoms with van der Waals surface area (Å²) in [6.07, 6.45) is 10.8. The number of benzene rings is 1. The van der Waals surface area contributed by atoms with Gasteiger partial charge in [0.15, 0.2) is 17.4 Å². The standard InChI is InChI=1S/C30H37FN6O3/c1-21(2)28-25(16-32-19-34-28)24-15-23(31)3-4-26(24)40-27-17-33-20-35-29(27)37-11-9-36(10-12-37)18-22-5-7-30(8-6-22)38-13-14-39-30/h3-4,15-17,19-22H,5-14,18H2,1-2H3. The van der Waals surface area contributed by atoms with E-state index < -0.39 is 0 Å². The molecule has 0 unspecified atom stereocenters. The molecule has 212 valence electrons. The van der Waals surface area contributed by atoms with Crippen molar-refractivity contribution in [1.82, 2.24) is 24.8 Å². The molecule has 0 N–H and O–H groups in total. The highest BCUT2D eigenvalue weighted by Gasteiger charge is 2.40. The van der Waals surface area contributed by atoms with Gasteiger partial charge < -0.3 is 19.1 Å². The zero-order valence-corrected chi connectivity index (χ0v) is 23.3. The third kappa shape index (κ3) is 5.80. The van der Waals surface area contributed by atoms with E-state index in [0.717, 1.165) is 88.7 Å². The maximum absolute atomic E-state index is 14.4. The molecular weight excluding hydrogens is 511 g/mol. The molecule has 1 aliphatic carbocycles. The largest absolute Gasteiger partial charge is 0.451 e. The van der Waals surface area contributed by atoms with Crippen LogP contribution in [0.25, 0.3) is 11.1 Å². The molecule has 0 radical (unpaired) electrons. The Labute approximate surface area is 234 Å². The Kier molecular flexibility index (Phi) is 7.91. The van der Waals surface area contributed by atoms with E-state index >= 15 is 0 Å². The Morgan fingerprint density at radius 1 is 0.950 bits per heavy atom. The number of anilines is 1. The van der Waals surface area contributed by atoms with Crippen molar-refractivity contribution in [2.75, 3.05) is 50.8 Å². The number of aromatic nitrogens is 4. The molecule has 1 spiro atoms. The number of hydrogen-bond acceptors (Lipinski definition) is 9. The first-order valence-corrected chi connectivity index (χ1v) is 14.3. The summed E-state index contributed by atoms with van der Waals surface area (Å²) < 4.78 is 32.6. The van der Waals surface area contributed by atoms with Gasteiger partial charge >= 0.3 is 0 Å². The lowest BCUT2D eigenvalue weighted by Crippen LogP contribution is -2.49. The van der Waals surface area contributed by atoms with E-state index in [0.29, 0.717) is 23.0 Å². The molecule has 1 aromatic carbocycles. The Bertz CT molecular complexity index is 1300. The number of nitrogens with zero attached hydrogens (tertiary/aromatic N) is 6. The third-order valence-electron chi connectivity index (χ3n) is 8.27. The molecule has 1 saturated carbocycles.